The summed E-state index contributed by atoms with van der Waals surface area (Å²) in [4.78, 5) is 38.7. The van der Waals surface area contributed by atoms with E-state index < -0.39 is 46.5 Å². The van der Waals surface area contributed by atoms with E-state index in [1.165, 1.54) is 0 Å². The summed E-state index contributed by atoms with van der Waals surface area (Å²) in [6.45, 7) is 6.09. The second-order valence-electron chi connectivity index (χ2n) is 8.57. The Morgan fingerprint density at radius 2 is 1.73 bits per heavy atom. The molecule has 1 aromatic carbocycles. The van der Waals surface area contributed by atoms with Crippen LogP contribution in [0.2, 0.25) is 0 Å². The number of nitrogens with zero attached hydrogens (tertiary/aromatic N) is 2. The van der Waals surface area contributed by atoms with Gasteiger partial charge >= 0.3 is 6.09 Å². The van der Waals surface area contributed by atoms with Crippen LogP contribution in [0.5, 0.6) is 0 Å². The molecular weight excluding hydrogens is 443 g/mol. The molecule has 0 radical (unpaired) electrons. The second-order valence-corrected chi connectivity index (χ2v) is 8.57. The van der Waals surface area contributed by atoms with Crippen LogP contribution in [0.15, 0.2) is 18.3 Å². The van der Waals surface area contributed by atoms with Crippen molar-refractivity contribution in [2.45, 2.75) is 45.3 Å². The number of hydrogen-bond acceptors (Lipinski definition) is 5. The van der Waals surface area contributed by atoms with E-state index in [9.17, 15) is 27.6 Å². The molecule has 0 atom stereocenters. The number of aromatic amines is 1. The summed E-state index contributed by atoms with van der Waals surface area (Å²) in [5.41, 5.74) is -1.82. The summed E-state index contributed by atoms with van der Waals surface area (Å²) >= 11 is 0. The van der Waals surface area contributed by atoms with Crippen molar-refractivity contribution in [3.63, 3.8) is 0 Å². The van der Waals surface area contributed by atoms with Crippen molar-refractivity contribution in [2.24, 2.45) is 0 Å². The predicted molar refractivity (Wildman–Crippen MR) is 113 cm³/mol. The average molecular weight is 469 g/mol. The number of amides is 3. The monoisotopic (exact) mass is 469 g/mol. The van der Waals surface area contributed by atoms with Gasteiger partial charge in [0.15, 0.2) is 0 Å². The van der Waals surface area contributed by atoms with Crippen molar-refractivity contribution >= 4 is 23.6 Å². The fourth-order valence-electron chi connectivity index (χ4n) is 3.29. The van der Waals surface area contributed by atoms with Crippen molar-refractivity contribution in [3.8, 4) is 0 Å². The zero-order valence-electron chi connectivity index (χ0n) is 18.3. The minimum Gasteiger partial charge on any atom is -0.444 e. The molecule has 33 heavy (non-hydrogen) atoms. The van der Waals surface area contributed by atoms with Gasteiger partial charge in [0, 0.05) is 32.7 Å². The quantitative estimate of drug-likeness (QED) is 0.634. The van der Waals surface area contributed by atoms with Gasteiger partial charge in [0.05, 0.1) is 11.9 Å². The number of rotatable bonds is 4. The summed E-state index contributed by atoms with van der Waals surface area (Å²) in [5.74, 6) is -5.72. The number of H-pyrrole nitrogens is 1. The smallest absolute Gasteiger partial charge is 0.410 e. The lowest BCUT2D eigenvalue weighted by Gasteiger charge is -2.33. The Balaban J connectivity index is 0.00000408. The average Bonchev–Trinajstić information content (AvgIpc) is 3.14. The molecule has 3 amide bonds. The zero-order valence-corrected chi connectivity index (χ0v) is 18.3. The molecule has 0 bridgehead atoms. The Kier molecular flexibility index (Phi) is 6.94. The summed E-state index contributed by atoms with van der Waals surface area (Å²) < 4.78 is 46.1. The van der Waals surface area contributed by atoms with E-state index in [0.717, 1.165) is 6.20 Å². The summed E-state index contributed by atoms with van der Waals surface area (Å²) in [7, 11) is 0. The van der Waals surface area contributed by atoms with E-state index in [1.807, 2.05) is 0 Å². The maximum Gasteiger partial charge on any atom is 0.410 e. The third-order valence-corrected chi connectivity index (χ3v) is 4.83. The maximum absolute atomic E-state index is 13.9. The number of hydrogen-bond donors (Lipinski definition) is 3. The number of likely N-dealkylation sites (tertiary alicyclic amines) is 1. The summed E-state index contributed by atoms with van der Waals surface area (Å²) in [6, 6.07) is 0.505. The first-order chi connectivity index (χ1) is 15.4. The Morgan fingerprint density at radius 1 is 1.12 bits per heavy atom. The first-order valence-corrected chi connectivity index (χ1v) is 10.2. The number of aromatic nitrogens is 2. The van der Waals surface area contributed by atoms with Gasteiger partial charge in [0.2, 0.25) is 0 Å². The molecule has 2 aromatic rings. The standard InChI is InChI=1S/C21H24F3N5O4.H2/c1-21(2,3)33-20(32)29-6-4-12(5-7-29)26-19(31)17-15(10-25-28-17)27-18(30)16-13(23)8-11(22)9-14(16)24;/h8-10,12H,4-7H2,1-3H3,(H,25,28)(H,26,31)(H,27,30);1H. The molecule has 3 rings (SSSR count). The van der Waals surface area contributed by atoms with E-state index in [0.29, 0.717) is 38.1 Å². The Hall–Kier alpha value is -3.57. The number of halogens is 3. The number of nitrogens with one attached hydrogen (secondary N) is 3. The van der Waals surface area contributed by atoms with Crippen molar-refractivity contribution in [1.82, 2.24) is 20.4 Å². The number of benzene rings is 1. The van der Waals surface area contributed by atoms with Gasteiger partial charge in [0.25, 0.3) is 11.8 Å². The first-order valence-electron chi connectivity index (χ1n) is 10.2. The molecule has 1 aliphatic rings. The minimum atomic E-state index is -1.38. The number of ether oxygens (including phenoxy) is 1. The number of carbonyl (C=O) groups excluding carboxylic acids is 3. The third kappa shape index (κ3) is 6.02. The summed E-state index contributed by atoms with van der Waals surface area (Å²) in [5, 5.41) is 11.1. The van der Waals surface area contributed by atoms with Gasteiger partial charge in [-0.3, -0.25) is 14.7 Å². The lowest BCUT2D eigenvalue weighted by Crippen LogP contribution is -2.47. The fraction of sp³-hybridized carbons (Fsp3) is 0.429. The van der Waals surface area contributed by atoms with Crippen LogP contribution in [-0.4, -0.2) is 57.7 Å². The Bertz CT molecular complexity index is 1040. The van der Waals surface area contributed by atoms with Crippen LogP contribution < -0.4 is 10.6 Å². The first kappa shape index (κ1) is 24.1. The van der Waals surface area contributed by atoms with Crippen LogP contribution >= 0.6 is 0 Å². The number of piperidine rings is 1. The fourth-order valence-corrected chi connectivity index (χ4v) is 3.29. The van der Waals surface area contributed by atoms with E-state index in [4.69, 9.17) is 4.74 Å². The molecule has 1 aliphatic heterocycles. The van der Waals surface area contributed by atoms with Crippen molar-refractivity contribution < 1.29 is 33.7 Å². The van der Waals surface area contributed by atoms with Crippen LogP contribution in [0.3, 0.4) is 0 Å². The van der Waals surface area contributed by atoms with Gasteiger partial charge in [-0.25, -0.2) is 18.0 Å². The second kappa shape index (κ2) is 9.51. The van der Waals surface area contributed by atoms with Crippen LogP contribution in [-0.2, 0) is 4.74 Å². The van der Waals surface area contributed by atoms with E-state index >= 15 is 0 Å². The largest absolute Gasteiger partial charge is 0.444 e. The molecule has 12 heteroatoms. The molecule has 1 saturated heterocycles. The molecule has 0 unspecified atom stereocenters. The molecule has 180 valence electrons. The van der Waals surface area contributed by atoms with E-state index in [1.54, 1.807) is 25.7 Å². The van der Waals surface area contributed by atoms with Gasteiger partial charge in [-0.15, -0.1) is 0 Å². The highest BCUT2D eigenvalue weighted by Crippen LogP contribution is 2.20. The zero-order chi connectivity index (χ0) is 24.3. The molecule has 2 heterocycles. The van der Waals surface area contributed by atoms with Crippen LogP contribution in [0.1, 0.15) is 55.9 Å². The van der Waals surface area contributed by atoms with Gasteiger partial charge in [-0.2, -0.15) is 5.10 Å². The van der Waals surface area contributed by atoms with E-state index in [2.05, 4.69) is 20.8 Å². The maximum atomic E-state index is 13.9. The molecular formula is C21H26F3N5O4. The van der Waals surface area contributed by atoms with Gasteiger partial charge in [-0.1, -0.05) is 0 Å². The van der Waals surface area contributed by atoms with Crippen molar-refractivity contribution in [3.05, 3.63) is 47.0 Å². The molecule has 0 saturated carbocycles. The van der Waals surface area contributed by atoms with Crippen molar-refractivity contribution in [1.29, 1.82) is 0 Å². The predicted octanol–water partition coefficient (Wildman–Crippen LogP) is 3.45. The highest BCUT2D eigenvalue weighted by atomic mass is 19.1. The van der Waals surface area contributed by atoms with Crippen LogP contribution in [0.4, 0.5) is 23.7 Å². The molecule has 0 spiro atoms. The van der Waals surface area contributed by atoms with Crippen LogP contribution in [0.25, 0.3) is 0 Å². The van der Waals surface area contributed by atoms with E-state index in [-0.39, 0.29) is 18.8 Å². The molecule has 3 N–H and O–H groups in total. The molecule has 0 aliphatic carbocycles. The van der Waals surface area contributed by atoms with Crippen molar-refractivity contribution in [2.75, 3.05) is 18.4 Å². The summed E-state index contributed by atoms with van der Waals surface area (Å²) in [6.07, 6.45) is 1.64. The molecule has 9 nitrogen and oxygen atoms in total. The minimum absolute atomic E-state index is 0. The topological polar surface area (TPSA) is 116 Å². The molecule has 1 fully saturated rings. The van der Waals surface area contributed by atoms with Gasteiger partial charge in [0.1, 0.15) is 34.3 Å². The highest BCUT2D eigenvalue weighted by Gasteiger charge is 2.29. The Morgan fingerprint density at radius 3 is 2.30 bits per heavy atom. The van der Waals surface area contributed by atoms with Gasteiger partial charge < -0.3 is 20.3 Å². The number of anilines is 1. The highest BCUT2D eigenvalue weighted by molar-refractivity contribution is 6.08. The number of carbonyl (C=O) groups is 3. The lowest BCUT2D eigenvalue weighted by atomic mass is 10.1. The molecule has 1 aromatic heterocycles. The van der Waals surface area contributed by atoms with Gasteiger partial charge in [-0.05, 0) is 33.6 Å². The van der Waals surface area contributed by atoms with Crippen LogP contribution in [0, 0.1) is 17.5 Å². The SMILES string of the molecule is CC(C)(C)OC(=O)N1CCC(NC(=O)c2[nH]ncc2NC(=O)c2c(F)cc(F)cc2F)CC1.[HH]. The normalized spacial score (nSPS) is 14.7. The Labute approximate surface area is 189 Å². The lowest BCUT2D eigenvalue weighted by molar-refractivity contribution is 0.0199. The third-order valence-electron chi connectivity index (χ3n) is 4.83.